The number of hydrogen-bond donors (Lipinski definition) is 1. The lowest BCUT2D eigenvalue weighted by Gasteiger charge is -2.05. The third-order valence-corrected chi connectivity index (χ3v) is 2.54. The molecule has 0 aliphatic carbocycles. The molecule has 2 heterocycles. The molecule has 3 aromatic rings. The smallest absolute Gasteiger partial charge is 0.145 e. The number of fused-ring (bicyclic) bond motifs is 1. The third kappa shape index (κ3) is 1.64. The minimum Gasteiger partial charge on any atom is -0.324 e. The van der Waals surface area contributed by atoms with E-state index in [1.165, 1.54) is 12.7 Å². The topological polar surface area (TPSA) is 82.5 Å². The van der Waals surface area contributed by atoms with Crippen LogP contribution in [0.4, 0.5) is 0 Å². The van der Waals surface area contributed by atoms with Gasteiger partial charge in [-0.15, -0.1) is 0 Å². The number of nitrogens with zero attached hydrogens (tertiary/aromatic N) is 5. The highest BCUT2D eigenvalue weighted by molar-refractivity contribution is 5.79. The second-order valence-electron chi connectivity index (χ2n) is 3.56. The maximum absolute atomic E-state index is 5.60. The summed E-state index contributed by atoms with van der Waals surface area (Å²) in [5.41, 5.74) is 7.36. The summed E-state index contributed by atoms with van der Waals surface area (Å²) in [4.78, 5) is 12.3. The molecule has 0 bridgehead atoms. The summed E-state index contributed by atoms with van der Waals surface area (Å²) in [6.07, 6.45) is 4.79. The van der Waals surface area contributed by atoms with Crippen molar-refractivity contribution in [2.75, 3.05) is 0 Å². The largest absolute Gasteiger partial charge is 0.324 e. The maximum atomic E-state index is 5.60. The Balaban J connectivity index is 2.18. The summed E-state index contributed by atoms with van der Waals surface area (Å²) in [6.45, 7) is 0.349. The molecule has 0 aliphatic heterocycles. The highest BCUT2D eigenvalue weighted by Crippen LogP contribution is 2.15. The number of nitrogens with two attached hydrogens (primary N) is 1. The van der Waals surface area contributed by atoms with E-state index in [1.807, 2.05) is 18.2 Å². The lowest BCUT2D eigenvalue weighted by atomic mass is 10.2. The third-order valence-electron chi connectivity index (χ3n) is 2.54. The summed E-state index contributed by atoms with van der Waals surface area (Å²) in [6, 6.07) is 5.83. The molecule has 3 rings (SSSR count). The fourth-order valence-electron chi connectivity index (χ4n) is 1.71. The van der Waals surface area contributed by atoms with E-state index in [4.69, 9.17) is 5.73 Å². The van der Waals surface area contributed by atoms with Crippen molar-refractivity contribution in [2.24, 2.45) is 5.73 Å². The first-order chi connectivity index (χ1) is 8.38. The van der Waals surface area contributed by atoms with Gasteiger partial charge in [0, 0.05) is 11.6 Å². The van der Waals surface area contributed by atoms with Crippen molar-refractivity contribution in [3.8, 4) is 5.69 Å². The van der Waals surface area contributed by atoms with Crippen molar-refractivity contribution < 1.29 is 0 Å². The summed E-state index contributed by atoms with van der Waals surface area (Å²) in [5, 5.41) is 5.14. The van der Waals surface area contributed by atoms with Crippen LogP contribution in [-0.4, -0.2) is 24.7 Å². The summed E-state index contributed by atoms with van der Waals surface area (Å²) < 4.78 is 1.71. The molecule has 0 aliphatic rings. The van der Waals surface area contributed by atoms with Crippen LogP contribution in [0.5, 0.6) is 0 Å². The predicted molar refractivity (Wildman–Crippen MR) is 62.3 cm³/mol. The minimum atomic E-state index is 0.349. The number of benzene rings is 1. The van der Waals surface area contributed by atoms with Gasteiger partial charge in [-0.1, -0.05) is 0 Å². The van der Waals surface area contributed by atoms with Gasteiger partial charge in [-0.05, 0) is 18.2 Å². The van der Waals surface area contributed by atoms with Crippen molar-refractivity contribution in [3.63, 3.8) is 0 Å². The fraction of sp³-hybridized carbons (Fsp3) is 0.0909. The van der Waals surface area contributed by atoms with Gasteiger partial charge in [0.25, 0.3) is 0 Å². The highest BCUT2D eigenvalue weighted by atomic mass is 15.3. The van der Waals surface area contributed by atoms with E-state index in [0.29, 0.717) is 6.54 Å². The molecule has 2 aromatic heterocycles. The van der Waals surface area contributed by atoms with Gasteiger partial charge in [-0.25, -0.2) is 19.6 Å². The molecule has 0 amide bonds. The van der Waals surface area contributed by atoms with Crippen molar-refractivity contribution in [1.82, 2.24) is 24.7 Å². The minimum absolute atomic E-state index is 0.349. The van der Waals surface area contributed by atoms with Gasteiger partial charge < -0.3 is 5.73 Å². The lowest BCUT2D eigenvalue weighted by molar-refractivity contribution is 0.790. The molecule has 6 nitrogen and oxygen atoms in total. The first kappa shape index (κ1) is 9.86. The quantitative estimate of drug-likeness (QED) is 0.694. The average Bonchev–Trinajstić information content (AvgIpc) is 2.86. The number of aromatic nitrogens is 5. The molecule has 0 fully saturated rings. The zero-order valence-corrected chi connectivity index (χ0v) is 8.98. The maximum Gasteiger partial charge on any atom is 0.145 e. The zero-order valence-electron chi connectivity index (χ0n) is 8.98. The van der Waals surface area contributed by atoms with E-state index in [0.717, 1.165) is 22.4 Å². The van der Waals surface area contributed by atoms with Crippen LogP contribution in [0.3, 0.4) is 0 Å². The average molecular weight is 226 g/mol. The highest BCUT2D eigenvalue weighted by Gasteiger charge is 2.05. The standard InChI is InChI=1S/C11H10N6/c12-4-11-15-7-16-17(11)9-2-1-8-5-13-6-14-10(8)3-9/h1-3,5-7H,4,12H2. The normalized spacial score (nSPS) is 10.9. The molecule has 6 heteroatoms. The van der Waals surface area contributed by atoms with Crippen LogP contribution in [-0.2, 0) is 6.54 Å². The summed E-state index contributed by atoms with van der Waals surface area (Å²) in [5.74, 6) is 0.721. The Hall–Kier alpha value is -2.34. The van der Waals surface area contributed by atoms with Gasteiger partial charge in [-0.3, -0.25) is 0 Å². The Kier molecular flexibility index (Phi) is 2.27. The van der Waals surface area contributed by atoms with Crippen LogP contribution in [0.1, 0.15) is 5.82 Å². The molecule has 1 aromatic carbocycles. The van der Waals surface area contributed by atoms with Crippen molar-refractivity contribution in [1.29, 1.82) is 0 Å². The van der Waals surface area contributed by atoms with Crippen molar-refractivity contribution in [2.45, 2.75) is 6.54 Å². The summed E-state index contributed by atoms with van der Waals surface area (Å²) >= 11 is 0. The summed E-state index contributed by atoms with van der Waals surface area (Å²) in [7, 11) is 0. The Morgan fingerprint density at radius 1 is 1.18 bits per heavy atom. The number of hydrogen-bond acceptors (Lipinski definition) is 5. The lowest BCUT2D eigenvalue weighted by Crippen LogP contribution is -2.08. The molecular weight excluding hydrogens is 216 g/mol. The van der Waals surface area contributed by atoms with E-state index in [9.17, 15) is 0 Å². The Morgan fingerprint density at radius 3 is 3.00 bits per heavy atom. The molecule has 17 heavy (non-hydrogen) atoms. The second kappa shape index (κ2) is 3.91. The van der Waals surface area contributed by atoms with Crippen LogP contribution < -0.4 is 5.73 Å². The van der Waals surface area contributed by atoms with Gasteiger partial charge in [0.1, 0.15) is 18.5 Å². The Labute approximate surface area is 97.1 Å². The molecule has 0 radical (unpaired) electrons. The van der Waals surface area contributed by atoms with E-state index >= 15 is 0 Å². The Bertz CT molecular complexity index is 660. The monoisotopic (exact) mass is 226 g/mol. The van der Waals surface area contributed by atoms with Gasteiger partial charge in [0.15, 0.2) is 0 Å². The van der Waals surface area contributed by atoms with Crippen LogP contribution in [0, 0.1) is 0 Å². The van der Waals surface area contributed by atoms with Crippen LogP contribution in [0.2, 0.25) is 0 Å². The zero-order chi connectivity index (χ0) is 11.7. The Morgan fingerprint density at radius 2 is 2.12 bits per heavy atom. The van der Waals surface area contributed by atoms with E-state index < -0.39 is 0 Å². The molecule has 0 spiro atoms. The van der Waals surface area contributed by atoms with Crippen molar-refractivity contribution in [3.05, 3.63) is 42.9 Å². The van der Waals surface area contributed by atoms with E-state index in [-0.39, 0.29) is 0 Å². The molecule has 84 valence electrons. The fourth-order valence-corrected chi connectivity index (χ4v) is 1.71. The first-order valence-corrected chi connectivity index (χ1v) is 5.17. The van der Waals surface area contributed by atoms with E-state index in [1.54, 1.807) is 10.9 Å². The van der Waals surface area contributed by atoms with Crippen molar-refractivity contribution >= 4 is 10.9 Å². The SMILES string of the molecule is NCc1ncnn1-c1ccc2cncnc2c1. The molecule has 0 atom stereocenters. The van der Waals surface area contributed by atoms with Crippen LogP contribution >= 0.6 is 0 Å². The van der Waals surface area contributed by atoms with Gasteiger partial charge in [0.2, 0.25) is 0 Å². The van der Waals surface area contributed by atoms with Crippen LogP contribution in [0.25, 0.3) is 16.6 Å². The predicted octanol–water partition coefficient (Wildman–Crippen LogP) is 0.669. The van der Waals surface area contributed by atoms with Gasteiger partial charge >= 0.3 is 0 Å². The number of rotatable bonds is 2. The first-order valence-electron chi connectivity index (χ1n) is 5.17. The molecule has 0 saturated heterocycles. The van der Waals surface area contributed by atoms with Gasteiger partial charge in [0.05, 0.1) is 17.7 Å². The van der Waals surface area contributed by atoms with Crippen LogP contribution in [0.15, 0.2) is 37.1 Å². The molecular formula is C11H10N6. The molecule has 2 N–H and O–H groups in total. The van der Waals surface area contributed by atoms with Gasteiger partial charge in [-0.2, -0.15) is 5.10 Å². The molecule has 0 saturated carbocycles. The van der Waals surface area contributed by atoms with E-state index in [2.05, 4.69) is 20.1 Å². The molecule has 0 unspecified atom stereocenters. The second-order valence-corrected chi connectivity index (χ2v) is 3.56.